The van der Waals surface area contributed by atoms with Crippen molar-refractivity contribution in [3.05, 3.63) is 47.1 Å². The zero-order valence-electron chi connectivity index (χ0n) is 15.8. The molecule has 27 heavy (non-hydrogen) atoms. The van der Waals surface area contributed by atoms with Crippen LogP contribution >= 0.6 is 11.6 Å². The Bertz CT molecular complexity index is 960. The molecule has 3 heterocycles. The number of nitrogens with zero attached hydrogens (tertiary/aromatic N) is 6. The van der Waals surface area contributed by atoms with Crippen LogP contribution in [0.15, 0.2) is 30.6 Å². The second-order valence-electron chi connectivity index (χ2n) is 7.28. The summed E-state index contributed by atoms with van der Waals surface area (Å²) in [6, 6.07) is 5.39. The highest BCUT2D eigenvalue weighted by Crippen LogP contribution is 2.33. The average molecular weight is 387 g/mol. The molecule has 0 atom stereocenters. The van der Waals surface area contributed by atoms with Crippen LogP contribution in [0.4, 0.5) is 11.5 Å². The first-order chi connectivity index (χ1) is 12.7. The van der Waals surface area contributed by atoms with E-state index in [-0.39, 0.29) is 12.0 Å². The first kappa shape index (κ1) is 19.1. The summed E-state index contributed by atoms with van der Waals surface area (Å²) in [4.78, 5) is 13.6. The first-order valence-corrected chi connectivity index (χ1v) is 8.84. The molecule has 3 rings (SSSR count). The number of hydrogen-bond acceptors (Lipinski definition) is 7. The molecular formula is C18H23ClN8. The van der Waals surface area contributed by atoms with E-state index in [4.69, 9.17) is 28.2 Å². The maximum Gasteiger partial charge on any atom is 0.170 e. The van der Waals surface area contributed by atoms with E-state index in [9.17, 15) is 0 Å². The van der Waals surface area contributed by atoms with Crippen molar-refractivity contribution in [2.24, 2.45) is 12.9 Å². The van der Waals surface area contributed by atoms with E-state index in [1.807, 2.05) is 33.9 Å². The topological polar surface area (TPSA) is 112 Å². The lowest BCUT2D eigenvalue weighted by molar-refractivity contribution is 0.544. The molecule has 8 nitrogen and oxygen atoms in total. The van der Waals surface area contributed by atoms with Gasteiger partial charge in [0.1, 0.15) is 17.2 Å². The van der Waals surface area contributed by atoms with Crippen molar-refractivity contribution in [2.45, 2.75) is 32.7 Å². The molecule has 0 aliphatic carbocycles. The van der Waals surface area contributed by atoms with Gasteiger partial charge in [0, 0.05) is 24.9 Å². The van der Waals surface area contributed by atoms with Gasteiger partial charge in [-0.3, -0.25) is 14.7 Å². The molecule has 0 aliphatic heterocycles. The number of pyridine rings is 1. The summed E-state index contributed by atoms with van der Waals surface area (Å²) in [5.41, 5.74) is 8.50. The number of nitrogen functional groups attached to an aromatic ring is 1. The predicted octanol–water partition coefficient (Wildman–Crippen LogP) is 2.69. The van der Waals surface area contributed by atoms with Crippen LogP contribution in [0.2, 0.25) is 5.02 Å². The molecule has 0 saturated heterocycles. The fourth-order valence-electron chi connectivity index (χ4n) is 2.58. The molecular weight excluding hydrogens is 364 g/mol. The number of nitrogens with two attached hydrogens (primary N) is 2. The van der Waals surface area contributed by atoms with Crippen molar-refractivity contribution in [1.29, 1.82) is 0 Å². The Morgan fingerprint density at radius 3 is 2.52 bits per heavy atom. The molecule has 0 fully saturated rings. The van der Waals surface area contributed by atoms with Gasteiger partial charge in [-0.15, -0.1) is 0 Å². The van der Waals surface area contributed by atoms with Gasteiger partial charge in [0.05, 0.1) is 23.0 Å². The third-order valence-electron chi connectivity index (χ3n) is 4.09. The third kappa shape index (κ3) is 3.86. The molecule has 0 aromatic carbocycles. The van der Waals surface area contributed by atoms with E-state index < -0.39 is 0 Å². The van der Waals surface area contributed by atoms with Gasteiger partial charge in [0.2, 0.25) is 0 Å². The van der Waals surface area contributed by atoms with Crippen molar-refractivity contribution < 1.29 is 0 Å². The SMILES string of the molecule is Cn1nccc1-c1nc(C(C)(C)C)nc(N(N)Cc2ncccc2Cl)c1N. The molecule has 0 saturated carbocycles. The summed E-state index contributed by atoms with van der Waals surface area (Å²) in [5, 5.41) is 6.18. The van der Waals surface area contributed by atoms with Gasteiger partial charge in [0.25, 0.3) is 0 Å². The lowest BCUT2D eigenvalue weighted by atomic mass is 9.95. The number of rotatable bonds is 4. The predicted molar refractivity (Wildman–Crippen MR) is 107 cm³/mol. The highest BCUT2D eigenvalue weighted by molar-refractivity contribution is 6.31. The van der Waals surface area contributed by atoms with Crippen molar-refractivity contribution in [3.8, 4) is 11.4 Å². The van der Waals surface area contributed by atoms with Gasteiger partial charge in [-0.25, -0.2) is 15.8 Å². The maximum absolute atomic E-state index is 6.41. The lowest BCUT2D eigenvalue weighted by Gasteiger charge is -2.24. The summed E-state index contributed by atoms with van der Waals surface area (Å²) >= 11 is 6.21. The molecule has 0 spiro atoms. The Morgan fingerprint density at radius 2 is 1.93 bits per heavy atom. The molecule has 0 radical (unpaired) electrons. The van der Waals surface area contributed by atoms with Crippen LogP contribution in [-0.2, 0) is 19.0 Å². The van der Waals surface area contributed by atoms with Crippen LogP contribution in [0.25, 0.3) is 11.4 Å². The fraction of sp³-hybridized carbons (Fsp3) is 0.333. The quantitative estimate of drug-likeness (QED) is 0.523. The fourth-order valence-corrected chi connectivity index (χ4v) is 2.77. The smallest absolute Gasteiger partial charge is 0.170 e. The number of hydrazine groups is 1. The molecule has 0 unspecified atom stereocenters. The Kier molecular flexibility index (Phi) is 5.03. The minimum Gasteiger partial charge on any atom is -0.394 e. The Labute approximate surface area is 163 Å². The van der Waals surface area contributed by atoms with Crippen LogP contribution in [0, 0.1) is 0 Å². The maximum atomic E-state index is 6.41. The molecule has 4 N–H and O–H groups in total. The van der Waals surface area contributed by atoms with Crippen LogP contribution in [-0.4, -0.2) is 24.7 Å². The van der Waals surface area contributed by atoms with E-state index >= 15 is 0 Å². The van der Waals surface area contributed by atoms with Gasteiger partial charge in [-0.05, 0) is 18.2 Å². The van der Waals surface area contributed by atoms with Gasteiger partial charge in [-0.2, -0.15) is 5.10 Å². The number of anilines is 2. The summed E-state index contributed by atoms with van der Waals surface area (Å²) < 4.78 is 1.71. The van der Waals surface area contributed by atoms with Crippen molar-refractivity contribution in [1.82, 2.24) is 24.7 Å². The highest BCUT2D eigenvalue weighted by Gasteiger charge is 2.25. The summed E-state index contributed by atoms with van der Waals surface area (Å²) in [6.45, 7) is 6.36. The van der Waals surface area contributed by atoms with Crippen LogP contribution < -0.4 is 16.6 Å². The average Bonchev–Trinajstić information content (AvgIpc) is 3.02. The Hall–Kier alpha value is -2.71. The van der Waals surface area contributed by atoms with Crippen molar-refractivity contribution >= 4 is 23.1 Å². The molecule has 142 valence electrons. The molecule has 3 aromatic heterocycles. The standard InChI is InChI=1S/C18H23ClN8/c1-18(2,3)17-24-15(13-7-9-23-26(13)4)14(20)16(25-17)27(21)10-12-11(19)6-5-8-22-12/h5-9H,10,20-21H2,1-4H3. The zero-order valence-corrected chi connectivity index (χ0v) is 16.6. The monoisotopic (exact) mass is 386 g/mol. The molecule has 0 aliphatic rings. The van der Waals surface area contributed by atoms with Gasteiger partial charge < -0.3 is 5.73 Å². The van der Waals surface area contributed by atoms with Crippen molar-refractivity contribution in [3.63, 3.8) is 0 Å². The Morgan fingerprint density at radius 1 is 1.19 bits per heavy atom. The zero-order chi connectivity index (χ0) is 19.8. The first-order valence-electron chi connectivity index (χ1n) is 8.46. The van der Waals surface area contributed by atoms with E-state index in [1.165, 1.54) is 5.01 Å². The number of hydrogen-bond donors (Lipinski definition) is 2. The molecule has 0 bridgehead atoms. The molecule has 0 amide bonds. The minimum absolute atomic E-state index is 0.259. The van der Waals surface area contributed by atoms with E-state index in [0.29, 0.717) is 33.7 Å². The normalized spacial score (nSPS) is 11.6. The summed E-state index contributed by atoms with van der Waals surface area (Å²) in [6.07, 6.45) is 3.36. The van der Waals surface area contributed by atoms with E-state index in [2.05, 4.69) is 15.1 Å². The number of aryl methyl sites for hydroxylation is 1. The summed E-state index contributed by atoms with van der Waals surface area (Å²) in [7, 11) is 1.83. The van der Waals surface area contributed by atoms with Gasteiger partial charge in [0.15, 0.2) is 5.82 Å². The van der Waals surface area contributed by atoms with Gasteiger partial charge in [-0.1, -0.05) is 32.4 Å². The van der Waals surface area contributed by atoms with Crippen LogP contribution in [0.1, 0.15) is 32.3 Å². The molecule has 3 aromatic rings. The Balaban J connectivity index is 2.11. The second-order valence-corrected chi connectivity index (χ2v) is 7.69. The largest absolute Gasteiger partial charge is 0.394 e. The minimum atomic E-state index is -0.292. The second kappa shape index (κ2) is 7.13. The van der Waals surface area contributed by atoms with Crippen LogP contribution in [0.5, 0.6) is 0 Å². The highest BCUT2D eigenvalue weighted by atomic mass is 35.5. The van der Waals surface area contributed by atoms with E-state index in [0.717, 1.165) is 5.69 Å². The van der Waals surface area contributed by atoms with Crippen LogP contribution in [0.3, 0.4) is 0 Å². The third-order valence-corrected chi connectivity index (χ3v) is 4.43. The van der Waals surface area contributed by atoms with E-state index in [1.54, 1.807) is 29.2 Å². The van der Waals surface area contributed by atoms with Gasteiger partial charge >= 0.3 is 0 Å². The molecule has 9 heteroatoms. The summed E-state index contributed by atoms with van der Waals surface area (Å²) in [5.74, 6) is 7.37. The lowest BCUT2D eigenvalue weighted by Crippen LogP contribution is -2.33. The number of aromatic nitrogens is 5. The van der Waals surface area contributed by atoms with Crippen molar-refractivity contribution in [2.75, 3.05) is 10.7 Å². The number of halogens is 1.